The van der Waals surface area contributed by atoms with E-state index in [9.17, 15) is 0 Å². The molecule has 3 heteroatoms. The number of hydrogen-bond acceptors (Lipinski definition) is 2. The molecule has 0 saturated heterocycles. The lowest BCUT2D eigenvalue weighted by Crippen LogP contribution is -1.80. The summed E-state index contributed by atoms with van der Waals surface area (Å²) >= 11 is 1.69. The number of hydrogen-bond donors (Lipinski definition) is 2. The summed E-state index contributed by atoms with van der Waals surface area (Å²) in [5.41, 5.74) is 7.93. The molecule has 3 aromatic rings. The molecule has 64 valence electrons. The second kappa shape index (κ2) is 2.26. The molecule has 1 aromatic carbocycles. The fraction of sp³-hybridized carbons (Fsp3) is 0. The molecule has 0 fully saturated rings. The highest BCUT2D eigenvalue weighted by molar-refractivity contribution is 7.18. The zero-order valence-electron chi connectivity index (χ0n) is 6.87. The maximum Gasteiger partial charge on any atom is 0.0509 e. The average molecular weight is 188 g/mol. The zero-order valence-corrected chi connectivity index (χ0v) is 7.69. The van der Waals surface area contributed by atoms with Gasteiger partial charge in [0, 0.05) is 32.6 Å². The highest BCUT2D eigenvalue weighted by atomic mass is 32.1. The van der Waals surface area contributed by atoms with E-state index in [1.54, 1.807) is 11.3 Å². The van der Waals surface area contributed by atoms with Crippen molar-refractivity contribution in [1.29, 1.82) is 0 Å². The summed E-state index contributed by atoms with van der Waals surface area (Å²) in [5, 5.41) is 4.40. The molecule has 0 amide bonds. The van der Waals surface area contributed by atoms with Gasteiger partial charge >= 0.3 is 0 Å². The summed E-state index contributed by atoms with van der Waals surface area (Å²) in [4.78, 5) is 3.18. The minimum Gasteiger partial charge on any atom is -0.398 e. The lowest BCUT2D eigenvalue weighted by molar-refractivity contribution is 1.48. The van der Waals surface area contributed by atoms with Gasteiger partial charge in [-0.25, -0.2) is 0 Å². The minimum absolute atomic E-state index is 0.880. The Kier molecular flexibility index (Phi) is 1.21. The van der Waals surface area contributed by atoms with Gasteiger partial charge in [-0.2, -0.15) is 0 Å². The van der Waals surface area contributed by atoms with E-state index in [2.05, 4.69) is 23.2 Å². The monoisotopic (exact) mass is 188 g/mol. The van der Waals surface area contributed by atoms with Gasteiger partial charge in [0.1, 0.15) is 0 Å². The molecule has 0 unspecified atom stereocenters. The average Bonchev–Trinajstić information content (AvgIpc) is 2.70. The molecule has 2 aromatic heterocycles. The number of benzene rings is 1. The maximum absolute atomic E-state index is 5.90. The van der Waals surface area contributed by atoms with Crippen LogP contribution >= 0.6 is 11.3 Å². The molecule has 0 atom stereocenters. The van der Waals surface area contributed by atoms with Gasteiger partial charge in [0.05, 0.1) is 5.69 Å². The molecule has 13 heavy (non-hydrogen) atoms. The molecule has 3 rings (SSSR count). The van der Waals surface area contributed by atoms with Crippen molar-refractivity contribution >= 4 is 38.0 Å². The summed E-state index contributed by atoms with van der Waals surface area (Å²) in [6.07, 6.45) is 1.95. The van der Waals surface area contributed by atoms with Crippen molar-refractivity contribution in [1.82, 2.24) is 4.98 Å². The molecule has 0 spiro atoms. The number of aromatic nitrogens is 1. The van der Waals surface area contributed by atoms with Crippen LogP contribution in [0.4, 0.5) is 5.69 Å². The first-order chi connectivity index (χ1) is 6.36. The predicted molar refractivity (Wildman–Crippen MR) is 58.1 cm³/mol. The fourth-order valence-corrected chi connectivity index (χ4v) is 2.56. The Labute approximate surface area is 79.0 Å². The summed E-state index contributed by atoms with van der Waals surface area (Å²) in [5.74, 6) is 0. The van der Waals surface area contributed by atoms with Crippen molar-refractivity contribution in [3.63, 3.8) is 0 Å². The van der Waals surface area contributed by atoms with Gasteiger partial charge in [-0.3, -0.25) is 0 Å². The van der Waals surface area contributed by atoms with Gasteiger partial charge < -0.3 is 10.7 Å². The number of thiophene rings is 1. The molecule has 2 nitrogen and oxygen atoms in total. The van der Waals surface area contributed by atoms with Crippen molar-refractivity contribution in [3.05, 3.63) is 29.8 Å². The molecule has 3 N–H and O–H groups in total. The second-order valence-corrected chi connectivity index (χ2v) is 3.98. The Balaban J connectivity index is 2.70. The third-order valence-electron chi connectivity index (χ3n) is 2.30. The standard InChI is InChI=1S/C10H8N2S/c11-7-5-13-9-2-1-8-6(10(7)9)3-4-12-8/h1-5,12H,11H2. The molecule has 0 radical (unpaired) electrons. The van der Waals surface area contributed by atoms with Gasteiger partial charge in [-0.05, 0) is 18.2 Å². The van der Waals surface area contributed by atoms with Crippen LogP contribution in [0.3, 0.4) is 0 Å². The van der Waals surface area contributed by atoms with Gasteiger partial charge in [-0.15, -0.1) is 11.3 Å². The fourth-order valence-electron chi connectivity index (χ4n) is 1.70. The molecular weight excluding hydrogens is 180 g/mol. The van der Waals surface area contributed by atoms with Crippen molar-refractivity contribution in [3.8, 4) is 0 Å². The second-order valence-electron chi connectivity index (χ2n) is 3.07. The Bertz CT molecular complexity index is 577. The first kappa shape index (κ1) is 6.97. The Hall–Kier alpha value is -1.48. The van der Waals surface area contributed by atoms with Crippen molar-refractivity contribution in [2.75, 3.05) is 5.73 Å². The van der Waals surface area contributed by atoms with E-state index in [-0.39, 0.29) is 0 Å². The van der Waals surface area contributed by atoms with Crippen LogP contribution in [0.5, 0.6) is 0 Å². The number of anilines is 1. The van der Waals surface area contributed by atoms with Gasteiger partial charge in [0.25, 0.3) is 0 Å². The number of aromatic amines is 1. The molecule has 0 bridgehead atoms. The van der Waals surface area contributed by atoms with Gasteiger partial charge in [-0.1, -0.05) is 0 Å². The van der Waals surface area contributed by atoms with E-state index in [0.717, 1.165) is 11.2 Å². The van der Waals surface area contributed by atoms with E-state index in [1.807, 2.05) is 11.6 Å². The van der Waals surface area contributed by atoms with Crippen molar-refractivity contribution in [2.45, 2.75) is 0 Å². The van der Waals surface area contributed by atoms with Crippen LogP contribution in [0.25, 0.3) is 21.0 Å². The molecule has 0 aliphatic rings. The normalized spacial score (nSPS) is 11.4. The highest BCUT2D eigenvalue weighted by Crippen LogP contribution is 2.33. The number of fused-ring (bicyclic) bond motifs is 3. The molecule has 0 saturated carbocycles. The van der Waals surface area contributed by atoms with E-state index in [0.29, 0.717) is 0 Å². The van der Waals surface area contributed by atoms with Crippen LogP contribution in [0.15, 0.2) is 29.8 Å². The van der Waals surface area contributed by atoms with Crippen LogP contribution in [0, 0.1) is 0 Å². The number of nitrogen functional groups attached to an aromatic ring is 1. The van der Waals surface area contributed by atoms with Crippen LogP contribution in [-0.4, -0.2) is 4.98 Å². The lowest BCUT2D eigenvalue weighted by atomic mass is 10.1. The van der Waals surface area contributed by atoms with E-state index in [4.69, 9.17) is 5.73 Å². The molecule has 2 heterocycles. The number of nitrogens with one attached hydrogen (secondary N) is 1. The predicted octanol–water partition coefficient (Wildman–Crippen LogP) is 2.96. The van der Waals surface area contributed by atoms with Crippen LogP contribution in [0.2, 0.25) is 0 Å². The summed E-state index contributed by atoms with van der Waals surface area (Å²) in [7, 11) is 0. The van der Waals surface area contributed by atoms with Crippen molar-refractivity contribution in [2.24, 2.45) is 0 Å². The maximum atomic E-state index is 5.90. The van der Waals surface area contributed by atoms with E-state index < -0.39 is 0 Å². The minimum atomic E-state index is 0.880. The molecular formula is C10H8N2S. The summed E-state index contributed by atoms with van der Waals surface area (Å²) < 4.78 is 1.25. The van der Waals surface area contributed by atoms with Crippen LogP contribution in [-0.2, 0) is 0 Å². The molecule has 0 aliphatic carbocycles. The first-order valence-electron chi connectivity index (χ1n) is 4.09. The number of rotatable bonds is 0. The molecule has 0 aliphatic heterocycles. The van der Waals surface area contributed by atoms with Gasteiger partial charge in [0.2, 0.25) is 0 Å². The van der Waals surface area contributed by atoms with Crippen LogP contribution in [0.1, 0.15) is 0 Å². The number of nitrogens with two attached hydrogens (primary N) is 1. The highest BCUT2D eigenvalue weighted by Gasteiger charge is 2.05. The quantitative estimate of drug-likeness (QED) is 0.559. The van der Waals surface area contributed by atoms with Crippen LogP contribution < -0.4 is 5.73 Å². The third-order valence-corrected chi connectivity index (χ3v) is 3.26. The SMILES string of the molecule is Nc1csc2ccc3[nH]ccc3c12. The summed E-state index contributed by atoms with van der Waals surface area (Å²) in [6.45, 7) is 0. The lowest BCUT2D eigenvalue weighted by Gasteiger charge is -1.94. The largest absolute Gasteiger partial charge is 0.398 e. The topological polar surface area (TPSA) is 41.8 Å². The van der Waals surface area contributed by atoms with Gasteiger partial charge in [0.15, 0.2) is 0 Å². The van der Waals surface area contributed by atoms with E-state index >= 15 is 0 Å². The Morgan fingerprint density at radius 2 is 2.15 bits per heavy atom. The Morgan fingerprint density at radius 1 is 1.23 bits per heavy atom. The number of H-pyrrole nitrogens is 1. The van der Waals surface area contributed by atoms with Crippen molar-refractivity contribution < 1.29 is 0 Å². The first-order valence-corrected chi connectivity index (χ1v) is 4.97. The summed E-state index contributed by atoms with van der Waals surface area (Å²) in [6, 6.07) is 6.27. The Morgan fingerprint density at radius 3 is 3.08 bits per heavy atom. The zero-order chi connectivity index (χ0) is 8.84. The van der Waals surface area contributed by atoms with E-state index in [1.165, 1.54) is 15.5 Å². The third kappa shape index (κ3) is 0.820. The smallest absolute Gasteiger partial charge is 0.0509 e.